The second-order valence-corrected chi connectivity index (χ2v) is 14.0. The van der Waals surface area contributed by atoms with Crippen LogP contribution in [-0.4, -0.2) is 24.1 Å². The third-order valence-electron chi connectivity index (χ3n) is 10.8. The summed E-state index contributed by atoms with van der Waals surface area (Å²) in [6.45, 7) is 0. The van der Waals surface area contributed by atoms with Gasteiger partial charge in [-0.1, -0.05) is 176 Å². The van der Waals surface area contributed by atoms with Crippen molar-refractivity contribution in [3.8, 4) is 56.7 Å². The monoisotopic (exact) mass is 715 g/mol. The fourth-order valence-electron chi connectivity index (χ4n) is 8.26. The number of benzene rings is 8. The van der Waals surface area contributed by atoms with E-state index >= 15 is 0 Å². The molecule has 0 aliphatic heterocycles. The van der Waals surface area contributed by atoms with Gasteiger partial charge in [0.25, 0.3) is 0 Å². The van der Waals surface area contributed by atoms with E-state index in [2.05, 4.69) is 185 Å². The molecule has 0 bridgehead atoms. The molecule has 0 radical (unpaired) electrons. The van der Waals surface area contributed by atoms with Crippen LogP contribution in [0.5, 0.6) is 0 Å². The summed E-state index contributed by atoms with van der Waals surface area (Å²) < 4.78 is 4.67. The number of para-hydroxylation sites is 3. The van der Waals surface area contributed by atoms with Gasteiger partial charge < -0.3 is 4.57 Å². The number of rotatable bonds is 6. The largest absolute Gasteiger partial charge is 0.309 e. The molecular weight excluding hydrogens is 683 g/mol. The molecule has 0 aliphatic carbocycles. The van der Waals surface area contributed by atoms with Crippen molar-refractivity contribution < 1.29 is 0 Å². The van der Waals surface area contributed by atoms with Gasteiger partial charge in [0.2, 0.25) is 5.95 Å². The molecule has 5 nitrogen and oxygen atoms in total. The van der Waals surface area contributed by atoms with Gasteiger partial charge in [-0.15, -0.1) is 0 Å². The van der Waals surface area contributed by atoms with Gasteiger partial charge in [-0.25, -0.2) is 4.98 Å². The van der Waals surface area contributed by atoms with Crippen LogP contribution in [0.2, 0.25) is 0 Å². The molecule has 11 rings (SSSR count). The lowest BCUT2D eigenvalue weighted by molar-refractivity contribution is 0.955. The Hall–Kier alpha value is -7.63. The third kappa shape index (κ3) is 5.13. The van der Waals surface area contributed by atoms with Gasteiger partial charge in [0.1, 0.15) is 0 Å². The van der Waals surface area contributed by atoms with Crippen molar-refractivity contribution in [1.29, 1.82) is 0 Å². The molecule has 0 amide bonds. The van der Waals surface area contributed by atoms with E-state index in [0.717, 1.165) is 66.0 Å². The fraction of sp³-hybridized carbons (Fsp3) is 0. The lowest BCUT2D eigenvalue weighted by Crippen LogP contribution is -2.06. The molecule has 0 saturated heterocycles. The lowest BCUT2D eigenvalue weighted by Gasteiger charge is -2.14. The van der Waals surface area contributed by atoms with E-state index in [1.165, 1.54) is 16.7 Å². The van der Waals surface area contributed by atoms with Crippen LogP contribution in [0.15, 0.2) is 200 Å². The molecule has 0 unspecified atom stereocenters. The number of hydrogen-bond acceptors (Lipinski definition) is 3. The van der Waals surface area contributed by atoms with Crippen LogP contribution in [0.4, 0.5) is 0 Å². The number of nitrogens with zero attached hydrogens (tertiary/aromatic N) is 5. The molecule has 56 heavy (non-hydrogen) atoms. The predicted octanol–water partition coefficient (Wildman–Crippen LogP) is 12.7. The van der Waals surface area contributed by atoms with Crippen LogP contribution in [0.3, 0.4) is 0 Å². The summed E-state index contributed by atoms with van der Waals surface area (Å²) in [5.74, 6) is 1.81. The smallest absolute Gasteiger partial charge is 0.238 e. The Morgan fingerprint density at radius 1 is 0.304 bits per heavy atom. The summed E-state index contributed by atoms with van der Waals surface area (Å²) >= 11 is 0. The molecule has 0 N–H and O–H groups in total. The fourth-order valence-corrected chi connectivity index (χ4v) is 8.26. The van der Waals surface area contributed by atoms with Gasteiger partial charge >= 0.3 is 0 Å². The average Bonchev–Trinajstić information content (AvgIpc) is 3.80. The van der Waals surface area contributed by atoms with Crippen LogP contribution in [0.1, 0.15) is 0 Å². The SMILES string of the molecule is c1ccc(-c2ccc(-c3nc(-c4ccccc4)nc(-n4c5ccccc5c5ccc6c(c7ccccc7n6-c6ccccc6-c6ccccc6)c54)n3)cc2)cc1. The molecule has 262 valence electrons. The van der Waals surface area contributed by atoms with E-state index in [9.17, 15) is 0 Å². The second kappa shape index (κ2) is 13.0. The maximum Gasteiger partial charge on any atom is 0.238 e. The first-order valence-electron chi connectivity index (χ1n) is 18.9. The summed E-state index contributed by atoms with van der Waals surface area (Å²) in [4.78, 5) is 15.7. The van der Waals surface area contributed by atoms with Crippen molar-refractivity contribution >= 4 is 43.6 Å². The summed E-state index contributed by atoms with van der Waals surface area (Å²) in [7, 11) is 0. The van der Waals surface area contributed by atoms with Crippen LogP contribution >= 0.6 is 0 Å². The van der Waals surface area contributed by atoms with Crippen LogP contribution in [-0.2, 0) is 0 Å². The quantitative estimate of drug-likeness (QED) is 0.172. The minimum Gasteiger partial charge on any atom is -0.309 e. The van der Waals surface area contributed by atoms with E-state index in [4.69, 9.17) is 15.0 Å². The summed E-state index contributed by atoms with van der Waals surface area (Å²) in [6.07, 6.45) is 0. The Kier molecular flexibility index (Phi) is 7.42. The van der Waals surface area contributed by atoms with Gasteiger partial charge in [0.15, 0.2) is 11.6 Å². The van der Waals surface area contributed by atoms with E-state index in [1.54, 1.807) is 0 Å². The summed E-state index contributed by atoms with van der Waals surface area (Å²) in [5, 5.41) is 4.59. The molecule has 3 heterocycles. The van der Waals surface area contributed by atoms with E-state index in [-0.39, 0.29) is 0 Å². The zero-order chi connectivity index (χ0) is 37.0. The Balaban J connectivity index is 1.22. The standard InChI is InChI=1S/C51H33N5/c1-4-16-34(17-5-1)35-28-30-38(31-29-35)50-52-49(37-20-8-3-9-21-37)53-51(54-50)56-44-26-14-11-23-40(44)41-32-33-46-47(48(41)56)42-24-12-15-27-45(42)55(46)43-25-13-10-22-39(43)36-18-6-2-7-19-36/h1-33H. The summed E-state index contributed by atoms with van der Waals surface area (Å²) in [6, 6.07) is 70.3. The van der Waals surface area contributed by atoms with Crippen LogP contribution in [0, 0.1) is 0 Å². The normalized spacial score (nSPS) is 11.6. The Labute approximate surface area is 323 Å². The molecular formula is C51H33N5. The maximum atomic E-state index is 5.31. The number of fused-ring (bicyclic) bond motifs is 7. The minimum atomic E-state index is 0.571. The third-order valence-corrected chi connectivity index (χ3v) is 10.8. The van der Waals surface area contributed by atoms with Crippen molar-refractivity contribution in [1.82, 2.24) is 24.1 Å². The Bertz CT molecular complexity index is 3220. The molecule has 8 aromatic carbocycles. The zero-order valence-corrected chi connectivity index (χ0v) is 30.3. The lowest BCUT2D eigenvalue weighted by atomic mass is 10.0. The minimum absolute atomic E-state index is 0.571. The first-order valence-corrected chi connectivity index (χ1v) is 18.9. The van der Waals surface area contributed by atoms with Gasteiger partial charge in [0, 0.05) is 38.2 Å². The first-order chi connectivity index (χ1) is 27.8. The summed E-state index contributed by atoms with van der Waals surface area (Å²) in [5.41, 5.74) is 12.0. The van der Waals surface area contributed by atoms with Crippen molar-refractivity contribution in [2.24, 2.45) is 0 Å². The molecule has 11 aromatic rings. The van der Waals surface area contributed by atoms with Crippen molar-refractivity contribution in [3.05, 3.63) is 200 Å². The Morgan fingerprint density at radius 3 is 1.50 bits per heavy atom. The van der Waals surface area contributed by atoms with E-state index in [0.29, 0.717) is 17.6 Å². The second-order valence-electron chi connectivity index (χ2n) is 14.0. The average molecular weight is 716 g/mol. The highest BCUT2D eigenvalue weighted by Crippen LogP contribution is 2.43. The molecule has 0 fully saturated rings. The molecule has 0 atom stereocenters. The number of aromatic nitrogens is 5. The van der Waals surface area contributed by atoms with Crippen molar-refractivity contribution in [2.45, 2.75) is 0 Å². The maximum absolute atomic E-state index is 5.31. The topological polar surface area (TPSA) is 48.5 Å². The highest BCUT2D eigenvalue weighted by Gasteiger charge is 2.24. The highest BCUT2D eigenvalue weighted by molar-refractivity contribution is 6.26. The molecule has 0 spiro atoms. The molecule has 0 saturated carbocycles. The van der Waals surface area contributed by atoms with Crippen LogP contribution < -0.4 is 0 Å². The number of hydrogen-bond donors (Lipinski definition) is 0. The van der Waals surface area contributed by atoms with Gasteiger partial charge in [-0.05, 0) is 41.0 Å². The van der Waals surface area contributed by atoms with Gasteiger partial charge in [0.05, 0.1) is 27.8 Å². The molecule has 5 heteroatoms. The molecule has 3 aromatic heterocycles. The first kappa shape index (κ1) is 31.9. The predicted molar refractivity (Wildman–Crippen MR) is 230 cm³/mol. The van der Waals surface area contributed by atoms with Gasteiger partial charge in [-0.2, -0.15) is 9.97 Å². The van der Waals surface area contributed by atoms with E-state index in [1.807, 2.05) is 24.3 Å². The highest BCUT2D eigenvalue weighted by atomic mass is 15.2. The van der Waals surface area contributed by atoms with E-state index < -0.39 is 0 Å². The van der Waals surface area contributed by atoms with Crippen molar-refractivity contribution in [2.75, 3.05) is 0 Å². The Morgan fingerprint density at radius 2 is 0.804 bits per heavy atom. The van der Waals surface area contributed by atoms with Crippen molar-refractivity contribution in [3.63, 3.8) is 0 Å². The zero-order valence-electron chi connectivity index (χ0n) is 30.3. The van der Waals surface area contributed by atoms with Gasteiger partial charge in [-0.3, -0.25) is 4.57 Å². The van der Waals surface area contributed by atoms with Crippen LogP contribution in [0.25, 0.3) is 100 Å². The molecule has 0 aliphatic rings.